The first-order valence-electron chi connectivity index (χ1n) is 7.16. The molecule has 1 N–H and O–H groups in total. The molecule has 1 aliphatic carbocycles. The van der Waals surface area contributed by atoms with Crippen molar-refractivity contribution in [1.82, 2.24) is 4.90 Å². The SMILES string of the molecule is CCC(C1CC1)N1CCCC(CCC(=O)O)C1. The Balaban J connectivity index is 1.80. The van der Waals surface area contributed by atoms with Crippen LogP contribution in [0.4, 0.5) is 0 Å². The number of nitrogens with zero attached hydrogens (tertiary/aromatic N) is 1. The lowest BCUT2D eigenvalue weighted by Gasteiger charge is -2.38. The lowest BCUT2D eigenvalue weighted by molar-refractivity contribution is -0.137. The summed E-state index contributed by atoms with van der Waals surface area (Å²) >= 11 is 0. The Morgan fingerprint density at radius 2 is 2.18 bits per heavy atom. The molecule has 2 fully saturated rings. The summed E-state index contributed by atoms with van der Waals surface area (Å²) in [6.07, 6.45) is 7.78. The van der Waals surface area contributed by atoms with Crippen molar-refractivity contribution < 1.29 is 9.90 Å². The van der Waals surface area contributed by atoms with Gasteiger partial charge in [-0.25, -0.2) is 0 Å². The highest BCUT2D eigenvalue weighted by Gasteiger charge is 2.35. The molecule has 1 saturated carbocycles. The molecule has 2 atom stereocenters. The third kappa shape index (κ3) is 3.70. The van der Waals surface area contributed by atoms with E-state index in [4.69, 9.17) is 5.11 Å². The quantitative estimate of drug-likeness (QED) is 0.775. The first kappa shape index (κ1) is 12.9. The van der Waals surface area contributed by atoms with E-state index in [0.717, 1.165) is 24.9 Å². The van der Waals surface area contributed by atoms with Gasteiger partial charge in [0.1, 0.15) is 0 Å². The Bertz CT molecular complexity index is 263. The van der Waals surface area contributed by atoms with Crippen LogP contribution in [0.15, 0.2) is 0 Å². The second-order valence-corrected chi connectivity index (χ2v) is 5.75. The zero-order valence-electron chi connectivity index (χ0n) is 10.9. The van der Waals surface area contributed by atoms with Crippen LogP contribution in [-0.4, -0.2) is 35.1 Å². The van der Waals surface area contributed by atoms with E-state index < -0.39 is 5.97 Å². The van der Waals surface area contributed by atoms with Crippen molar-refractivity contribution in [3.8, 4) is 0 Å². The molecule has 0 aromatic carbocycles. The van der Waals surface area contributed by atoms with Gasteiger partial charge in [-0.1, -0.05) is 6.92 Å². The summed E-state index contributed by atoms with van der Waals surface area (Å²) in [4.78, 5) is 13.3. The van der Waals surface area contributed by atoms with Gasteiger partial charge in [0.2, 0.25) is 0 Å². The third-order valence-corrected chi connectivity index (χ3v) is 4.37. The zero-order chi connectivity index (χ0) is 12.3. The molecule has 0 radical (unpaired) electrons. The minimum atomic E-state index is -0.642. The highest BCUT2D eigenvalue weighted by molar-refractivity contribution is 5.66. The molecule has 1 aliphatic heterocycles. The maximum absolute atomic E-state index is 10.6. The molecular weight excluding hydrogens is 214 g/mol. The summed E-state index contributed by atoms with van der Waals surface area (Å²) in [6.45, 7) is 4.67. The van der Waals surface area contributed by atoms with Crippen LogP contribution in [0.5, 0.6) is 0 Å². The van der Waals surface area contributed by atoms with Gasteiger partial charge in [-0.2, -0.15) is 0 Å². The topological polar surface area (TPSA) is 40.5 Å². The lowest BCUT2D eigenvalue weighted by Crippen LogP contribution is -2.43. The standard InChI is InChI=1S/C14H25NO2/c1-2-13(12-6-7-12)15-9-3-4-11(10-15)5-8-14(16)17/h11-13H,2-10H2,1H3,(H,16,17). The number of carbonyl (C=O) groups is 1. The minimum Gasteiger partial charge on any atom is -0.481 e. The van der Waals surface area contributed by atoms with Gasteiger partial charge in [0.15, 0.2) is 0 Å². The third-order valence-electron chi connectivity index (χ3n) is 4.37. The summed E-state index contributed by atoms with van der Waals surface area (Å²) in [5.74, 6) is 0.919. The molecule has 2 aliphatic rings. The molecule has 0 spiro atoms. The predicted molar refractivity (Wildman–Crippen MR) is 68.0 cm³/mol. The second-order valence-electron chi connectivity index (χ2n) is 5.75. The number of hydrogen-bond donors (Lipinski definition) is 1. The number of likely N-dealkylation sites (tertiary alicyclic amines) is 1. The fraction of sp³-hybridized carbons (Fsp3) is 0.929. The van der Waals surface area contributed by atoms with E-state index >= 15 is 0 Å². The maximum Gasteiger partial charge on any atom is 0.303 e. The largest absolute Gasteiger partial charge is 0.481 e. The van der Waals surface area contributed by atoms with Gasteiger partial charge in [-0.05, 0) is 56.9 Å². The summed E-state index contributed by atoms with van der Waals surface area (Å²) in [6, 6.07) is 0.780. The molecule has 3 heteroatoms. The van der Waals surface area contributed by atoms with Crippen LogP contribution < -0.4 is 0 Å². The van der Waals surface area contributed by atoms with Crippen LogP contribution >= 0.6 is 0 Å². The minimum absolute atomic E-state index is 0.346. The van der Waals surface area contributed by atoms with E-state index in [2.05, 4.69) is 11.8 Å². The van der Waals surface area contributed by atoms with E-state index in [0.29, 0.717) is 12.3 Å². The second kappa shape index (κ2) is 5.85. The molecule has 2 unspecified atom stereocenters. The van der Waals surface area contributed by atoms with Crippen LogP contribution in [0.1, 0.15) is 51.9 Å². The summed E-state index contributed by atoms with van der Waals surface area (Å²) in [7, 11) is 0. The van der Waals surface area contributed by atoms with Crippen LogP contribution in [0.2, 0.25) is 0 Å². The molecule has 1 heterocycles. The van der Waals surface area contributed by atoms with Crippen LogP contribution in [0.25, 0.3) is 0 Å². The predicted octanol–water partition coefficient (Wildman–Crippen LogP) is 2.75. The highest BCUT2D eigenvalue weighted by Crippen LogP contribution is 2.38. The molecule has 0 amide bonds. The number of carboxylic acid groups (broad SMARTS) is 1. The molecular formula is C14H25NO2. The maximum atomic E-state index is 10.6. The summed E-state index contributed by atoms with van der Waals surface area (Å²) < 4.78 is 0. The molecule has 0 aromatic rings. The van der Waals surface area contributed by atoms with Crippen molar-refractivity contribution in [3.63, 3.8) is 0 Å². The van der Waals surface area contributed by atoms with Gasteiger partial charge in [0.05, 0.1) is 0 Å². The van der Waals surface area contributed by atoms with E-state index in [-0.39, 0.29) is 0 Å². The molecule has 0 bridgehead atoms. The summed E-state index contributed by atoms with van der Waals surface area (Å²) in [5, 5.41) is 8.75. The molecule has 98 valence electrons. The number of aliphatic carboxylic acids is 1. The molecule has 0 aromatic heterocycles. The van der Waals surface area contributed by atoms with E-state index in [1.807, 2.05) is 0 Å². The van der Waals surface area contributed by atoms with Crippen molar-refractivity contribution in [3.05, 3.63) is 0 Å². The van der Waals surface area contributed by atoms with Crippen molar-refractivity contribution in [2.24, 2.45) is 11.8 Å². The highest BCUT2D eigenvalue weighted by atomic mass is 16.4. The smallest absolute Gasteiger partial charge is 0.303 e. The fourth-order valence-corrected chi connectivity index (χ4v) is 3.33. The van der Waals surface area contributed by atoms with Gasteiger partial charge in [-0.15, -0.1) is 0 Å². The van der Waals surface area contributed by atoms with E-state index in [1.54, 1.807) is 0 Å². The van der Waals surface area contributed by atoms with Gasteiger partial charge in [0.25, 0.3) is 0 Å². The Morgan fingerprint density at radius 3 is 2.76 bits per heavy atom. The number of piperidine rings is 1. The van der Waals surface area contributed by atoms with Gasteiger partial charge < -0.3 is 5.11 Å². The van der Waals surface area contributed by atoms with Crippen molar-refractivity contribution in [2.45, 2.75) is 57.9 Å². The lowest BCUT2D eigenvalue weighted by atomic mass is 9.91. The van der Waals surface area contributed by atoms with Crippen molar-refractivity contribution in [1.29, 1.82) is 0 Å². The van der Waals surface area contributed by atoms with Gasteiger partial charge in [-0.3, -0.25) is 9.69 Å². The average Bonchev–Trinajstić information content (AvgIpc) is 3.12. The molecule has 17 heavy (non-hydrogen) atoms. The van der Waals surface area contributed by atoms with Crippen molar-refractivity contribution >= 4 is 5.97 Å². The number of hydrogen-bond acceptors (Lipinski definition) is 2. The zero-order valence-corrected chi connectivity index (χ0v) is 10.9. The molecule has 1 saturated heterocycles. The number of carboxylic acids is 1. The Labute approximate surface area is 104 Å². The van der Waals surface area contributed by atoms with Gasteiger partial charge >= 0.3 is 5.97 Å². The van der Waals surface area contributed by atoms with Crippen LogP contribution in [0, 0.1) is 11.8 Å². The van der Waals surface area contributed by atoms with E-state index in [1.165, 1.54) is 38.6 Å². The number of rotatable bonds is 6. The molecule has 3 nitrogen and oxygen atoms in total. The Morgan fingerprint density at radius 1 is 1.41 bits per heavy atom. The van der Waals surface area contributed by atoms with Crippen molar-refractivity contribution in [2.75, 3.05) is 13.1 Å². The average molecular weight is 239 g/mol. The monoisotopic (exact) mass is 239 g/mol. The van der Waals surface area contributed by atoms with E-state index in [9.17, 15) is 4.79 Å². The van der Waals surface area contributed by atoms with Crippen LogP contribution in [-0.2, 0) is 4.79 Å². The first-order chi connectivity index (χ1) is 8.20. The fourth-order valence-electron chi connectivity index (χ4n) is 3.33. The first-order valence-corrected chi connectivity index (χ1v) is 7.16. The summed E-state index contributed by atoms with van der Waals surface area (Å²) in [5.41, 5.74) is 0. The Kier molecular flexibility index (Phi) is 4.43. The van der Waals surface area contributed by atoms with Crippen LogP contribution in [0.3, 0.4) is 0 Å². The normalized spacial score (nSPS) is 27.9. The Hall–Kier alpha value is -0.570. The molecule has 2 rings (SSSR count). The van der Waals surface area contributed by atoms with Gasteiger partial charge in [0, 0.05) is 19.0 Å².